The molecule has 0 fully saturated rings. The van der Waals surface area contributed by atoms with Crippen LogP contribution in [0.15, 0.2) is 54.1 Å². The summed E-state index contributed by atoms with van der Waals surface area (Å²) in [5.74, 6) is 1.56. The Morgan fingerprint density at radius 1 is 1.19 bits per heavy atom. The van der Waals surface area contributed by atoms with Crippen LogP contribution < -0.4 is 0 Å². The van der Waals surface area contributed by atoms with Crippen molar-refractivity contribution in [2.45, 2.75) is 26.2 Å². The SMILES string of the molecule is C[C@H]1[C@H](C=Cc2ccc(-c3ccccc3C#N)cn2)c2nscc2C[C@@H]1C. The highest BCUT2D eigenvalue weighted by Crippen LogP contribution is 2.40. The van der Waals surface area contributed by atoms with E-state index >= 15 is 0 Å². The Labute approximate surface area is 164 Å². The minimum atomic E-state index is 0.343. The summed E-state index contributed by atoms with van der Waals surface area (Å²) in [5, 5.41) is 11.5. The summed E-state index contributed by atoms with van der Waals surface area (Å²) in [6.45, 7) is 4.64. The molecule has 3 aromatic rings. The lowest BCUT2D eigenvalue weighted by atomic mass is 9.73. The van der Waals surface area contributed by atoms with Gasteiger partial charge in [0.2, 0.25) is 0 Å². The average Bonchev–Trinajstić information content (AvgIpc) is 3.16. The lowest BCUT2D eigenvalue weighted by molar-refractivity contribution is 0.329. The van der Waals surface area contributed by atoms with Gasteiger partial charge in [0, 0.05) is 28.6 Å². The predicted octanol–water partition coefficient (Wildman–Crippen LogP) is 5.70. The number of hydrogen-bond donors (Lipinski definition) is 0. The quantitative estimate of drug-likeness (QED) is 0.593. The van der Waals surface area contributed by atoms with Crippen LogP contribution in [-0.4, -0.2) is 9.36 Å². The van der Waals surface area contributed by atoms with Crippen molar-refractivity contribution in [2.24, 2.45) is 11.8 Å². The van der Waals surface area contributed by atoms with Crippen molar-refractivity contribution in [3.63, 3.8) is 0 Å². The molecule has 0 bridgehead atoms. The van der Waals surface area contributed by atoms with Gasteiger partial charge in [0.1, 0.15) is 0 Å². The lowest BCUT2D eigenvalue weighted by Crippen LogP contribution is -2.24. The van der Waals surface area contributed by atoms with E-state index in [4.69, 9.17) is 0 Å². The Bertz CT molecular complexity index is 1010. The smallest absolute Gasteiger partial charge is 0.0998 e. The topological polar surface area (TPSA) is 49.6 Å². The molecule has 3 atom stereocenters. The van der Waals surface area contributed by atoms with Crippen molar-refractivity contribution in [1.82, 2.24) is 9.36 Å². The van der Waals surface area contributed by atoms with Crippen LogP contribution in [0.1, 0.15) is 42.3 Å². The summed E-state index contributed by atoms with van der Waals surface area (Å²) in [7, 11) is 0. The fourth-order valence-electron chi connectivity index (χ4n) is 3.79. The van der Waals surface area contributed by atoms with E-state index in [0.29, 0.717) is 23.3 Å². The van der Waals surface area contributed by atoms with Crippen LogP contribution in [0.2, 0.25) is 0 Å². The van der Waals surface area contributed by atoms with Gasteiger partial charge in [-0.1, -0.05) is 44.2 Å². The minimum absolute atomic E-state index is 0.343. The average molecular weight is 372 g/mol. The van der Waals surface area contributed by atoms with E-state index in [1.807, 2.05) is 42.6 Å². The fraction of sp³-hybridized carbons (Fsp3) is 0.261. The molecule has 27 heavy (non-hydrogen) atoms. The van der Waals surface area contributed by atoms with Crippen molar-refractivity contribution in [2.75, 3.05) is 0 Å². The Kier molecular flexibility index (Phi) is 4.87. The molecular weight excluding hydrogens is 350 g/mol. The van der Waals surface area contributed by atoms with E-state index < -0.39 is 0 Å². The van der Waals surface area contributed by atoms with Gasteiger partial charge < -0.3 is 0 Å². The molecule has 1 aliphatic carbocycles. The summed E-state index contributed by atoms with van der Waals surface area (Å²) in [6, 6.07) is 13.9. The number of allylic oxidation sites excluding steroid dienone is 1. The molecule has 134 valence electrons. The van der Waals surface area contributed by atoms with Crippen LogP contribution in [-0.2, 0) is 6.42 Å². The molecule has 0 saturated heterocycles. The van der Waals surface area contributed by atoms with Gasteiger partial charge in [0.25, 0.3) is 0 Å². The first-order valence-corrected chi connectivity index (χ1v) is 10.1. The van der Waals surface area contributed by atoms with E-state index in [9.17, 15) is 5.26 Å². The highest BCUT2D eigenvalue weighted by Gasteiger charge is 2.31. The maximum absolute atomic E-state index is 9.28. The lowest BCUT2D eigenvalue weighted by Gasteiger charge is -2.31. The van der Waals surface area contributed by atoms with Crippen LogP contribution in [0, 0.1) is 23.2 Å². The number of nitrogens with zero attached hydrogens (tertiary/aromatic N) is 3. The van der Waals surface area contributed by atoms with Crippen LogP contribution >= 0.6 is 11.5 Å². The van der Waals surface area contributed by atoms with E-state index in [1.54, 1.807) is 11.5 Å². The second-order valence-corrected chi connectivity index (χ2v) is 7.91. The third kappa shape index (κ3) is 3.43. The molecule has 0 unspecified atom stereocenters. The van der Waals surface area contributed by atoms with Crippen LogP contribution in [0.4, 0.5) is 0 Å². The monoisotopic (exact) mass is 371 g/mol. The molecule has 0 radical (unpaired) electrons. The summed E-state index contributed by atoms with van der Waals surface area (Å²) in [6.07, 6.45) is 7.33. The van der Waals surface area contributed by atoms with Crippen molar-refractivity contribution in [3.8, 4) is 17.2 Å². The number of pyridine rings is 1. The number of fused-ring (bicyclic) bond motifs is 1. The van der Waals surface area contributed by atoms with Crippen molar-refractivity contribution in [1.29, 1.82) is 5.26 Å². The molecule has 0 saturated carbocycles. The Morgan fingerprint density at radius 3 is 2.81 bits per heavy atom. The zero-order valence-corrected chi connectivity index (χ0v) is 16.3. The summed E-state index contributed by atoms with van der Waals surface area (Å²) < 4.78 is 4.65. The normalized spacial score (nSPS) is 21.7. The fourth-order valence-corrected chi connectivity index (χ4v) is 4.54. The molecule has 2 aromatic heterocycles. The van der Waals surface area contributed by atoms with Gasteiger partial charge in [-0.3, -0.25) is 4.98 Å². The first-order chi connectivity index (χ1) is 13.2. The third-order valence-electron chi connectivity index (χ3n) is 5.62. The van der Waals surface area contributed by atoms with Crippen LogP contribution in [0.3, 0.4) is 0 Å². The third-order valence-corrected chi connectivity index (χ3v) is 6.31. The maximum Gasteiger partial charge on any atom is 0.0998 e. The van der Waals surface area contributed by atoms with Crippen molar-refractivity contribution >= 4 is 17.6 Å². The number of benzene rings is 1. The summed E-state index contributed by atoms with van der Waals surface area (Å²) in [5.41, 5.74) is 6.12. The zero-order chi connectivity index (χ0) is 18.8. The van der Waals surface area contributed by atoms with Gasteiger partial charge in [0.05, 0.1) is 23.0 Å². The van der Waals surface area contributed by atoms with Crippen molar-refractivity contribution < 1.29 is 0 Å². The van der Waals surface area contributed by atoms with Gasteiger partial charge in [-0.25, -0.2) is 0 Å². The Morgan fingerprint density at radius 2 is 2.04 bits per heavy atom. The molecule has 0 aliphatic heterocycles. The molecule has 1 aliphatic rings. The number of hydrogen-bond acceptors (Lipinski definition) is 4. The summed E-state index contributed by atoms with van der Waals surface area (Å²) >= 11 is 1.56. The van der Waals surface area contributed by atoms with Crippen LogP contribution in [0.5, 0.6) is 0 Å². The predicted molar refractivity (Wildman–Crippen MR) is 110 cm³/mol. The van der Waals surface area contributed by atoms with Gasteiger partial charge >= 0.3 is 0 Å². The first-order valence-electron chi connectivity index (χ1n) is 9.24. The minimum Gasteiger partial charge on any atom is -0.256 e. The molecule has 4 heteroatoms. The molecule has 4 rings (SSSR count). The maximum atomic E-state index is 9.28. The van der Waals surface area contributed by atoms with E-state index in [2.05, 4.69) is 46.8 Å². The molecule has 1 aromatic carbocycles. The molecule has 0 spiro atoms. The molecule has 0 N–H and O–H groups in total. The van der Waals surface area contributed by atoms with E-state index in [1.165, 1.54) is 11.3 Å². The molecular formula is C23H21N3S. The highest BCUT2D eigenvalue weighted by molar-refractivity contribution is 7.03. The second-order valence-electron chi connectivity index (χ2n) is 7.28. The van der Waals surface area contributed by atoms with E-state index in [-0.39, 0.29) is 0 Å². The first kappa shape index (κ1) is 17.6. The molecule has 0 amide bonds. The van der Waals surface area contributed by atoms with Crippen LogP contribution in [0.25, 0.3) is 17.2 Å². The number of rotatable bonds is 3. The Hall–Kier alpha value is -2.77. The van der Waals surface area contributed by atoms with Crippen molar-refractivity contribution in [3.05, 3.63) is 76.6 Å². The second kappa shape index (κ2) is 7.46. The molecule has 3 nitrogen and oxygen atoms in total. The van der Waals surface area contributed by atoms with Gasteiger partial charge in [-0.15, -0.1) is 0 Å². The number of nitriles is 1. The Balaban J connectivity index is 1.58. The standard InChI is InChI=1S/C23H21N3S/c1-15-11-19-14-27-26-23(19)21(16(15)2)10-9-20-8-7-18(13-25-20)22-6-4-3-5-17(22)12-24/h3-10,13-16,21H,11H2,1-2H3/t15-,16+,21-/m0/s1. The van der Waals surface area contributed by atoms with Gasteiger partial charge in [-0.2, -0.15) is 9.64 Å². The molecule has 2 heterocycles. The summed E-state index contributed by atoms with van der Waals surface area (Å²) in [4.78, 5) is 4.59. The van der Waals surface area contributed by atoms with Gasteiger partial charge in [-0.05, 0) is 53.6 Å². The largest absolute Gasteiger partial charge is 0.256 e. The number of aromatic nitrogens is 2. The highest BCUT2D eigenvalue weighted by atomic mass is 32.1. The zero-order valence-electron chi connectivity index (χ0n) is 15.5. The van der Waals surface area contributed by atoms with Gasteiger partial charge in [0.15, 0.2) is 0 Å². The van der Waals surface area contributed by atoms with E-state index in [0.717, 1.165) is 23.2 Å².